The molecule has 1 aromatic heterocycles. The number of carbonyl (C=O) groups is 1. The highest BCUT2D eigenvalue weighted by atomic mass is 127. The smallest absolute Gasteiger partial charge is 0.221 e. The molecule has 0 unspecified atom stereocenters. The molecule has 31 heavy (non-hydrogen) atoms. The Morgan fingerprint density at radius 2 is 1.97 bits per heavy atom. The van der Waals surface area contributed by atoms with Crippen LogP contribution in [-0.2, 0) is 11.3 Å². The number of amides is 1. The van der Waals surface area contributed by atoms with Crippen molar-refractivity contribution < 1.29 is 14.1 Å². The van der Waals surface area contributed by atoms with Gasteiger partial charge in [-0.3, -0.25) is 4.79 Å². The third-order valence-corrected chi connectivity index (χ3v) is 4.54. The number of carbonyl (C=O) groups excluding carboxylic acids is 1. The molecule has 3 N–H and O–H groups in total. The highest BCUT2D eigenvalue weighted by molar-refractivity contribution is 14.0. The van der Waals surface area contributed by atoms with Crippen LogP contribution in [0.25, 0.3) is 0 Å². The Morgan fingerprint density at radius 3 is 2.65 bits per heavy atom. The molecule has 9 heteroatoms. The lowest BCUT2D eigenvalue weighted by Crippen LogP contribution is -2.39. The van der Waals surface area contributed by atoms with E-state index in [-0.39, 0.29) is 29.9 Å². The molecular formula is C22H34IN5O3. The Balaban J connectivity index is 0.00000480. The maximum Gasteiger partial charge on any atom is 0.221 e. The van der Waals surface area contributed by atoms with E-state index < -0.39 is 0 Å². The number of rotatable bonds is 11. The lowest BCUT2D eigenvalue weighted by molar-refractivity contribution is -0.114. The van der Waals surface area contributed by atoms with Gasteiger partial charge in [0, 0.05) is 37.2 Å². The number of nitrogens with one attached hydrogen (secondary N) is 3. The predicted molar refractivity (Wildman–Crippen MR) is 134 cm³/mol. The molecule has 0 bridgehead atoms. The Kier molecular flexibility index (Phi) is 12.6. The number of hydrogen-bond acceptors (Lipinski definition) is 5. The van der Waals surface area contributed by atoms with Crippen LogP contribution in [-0.4, -0.2) is 36.7 Å². The highest BCUT2D eigenvalue weighted by Gasteiger charge is 2.12. The molecule has 0 aliphatic rings. The quantitative estimate of drug-likeness (QED) is 0.169. The summed E-state index contributed by atoms with van der Waals surface area (Å²) in [6, 6.07) is 9.30. The second-order valence-electron chi connectivity index (χ2n) is 6.91. The summed E-state index contributed by atoms with van der Waals surface area (Å²) in [6.07, 6.45) is 2.09. The van der Waals surface area contributed by atoms with E-state index in [1.807, 2.05) is 31.2 Å². The van der Waals surface area contributed by atoms with Crippen molar-refractivity contribution >= 4 is 41.5 Å². The molecule has 8 nitrogen and oxygen atoms in total. The first-order valence-electron chi connectivity index (χ1n) is 10.5. The van der Waals surface area contributed by atoms with Crippen LogP contribution in [0.15, 0.2) is 39.8 Å². The highest BCUT2D eigenvalue weighted by Crippen LogP contribution is 2.22. The summed E-state index contributed by atoms with van der Waals surface area (Å²) < 4.78 is 11.2. The molecule has 172 valence electrons. The average molecular weight is 543 g/mol. The zero-order chi connectivity index (χ0) is 21.8. The zero-order valence-corrected chi connectivity index (χ0v) is 21.1. The Labute approximate surface area is 201 Å². The van der Waals surface area contributed by atoms with Crippen molar-refractivity contribution in [2.45, 2.75) is 53.0 Å². The zero-order valence-electron chi connectivity index (χ0n) is 18.7. The van der Waals surface area contributed by atoms with Crippen LogP contribution in [0.4, 0.5) is 5.69 Å². The van der Waals surface area contributed by atoms with Gasteiger partial charge in [-0.25, -0.2) is 4.99 Å². The fraction of sp³-hybridized carbons (Fsp3) is 0.500. The molecule has 0 radical (unpaired) electrons. The minimum Gasteiger partial charge on any atom is -0.492 e. The standard InChI is InChI=1S/C22H33N5O3.HI/c1-5-17(6-2)21-14-20(30-27-21)15-25-22(23-7-3)24-11-12-29-19-10-8-9-18(13-19)26-16(4)28;/h8-10,13-14,17H,5-7,11-12,15H2,1-4H3,(H,26,28)(H2,23,24,25);1H. The number of benzene rings is 1. The minimum atomic E-state index is -0.112. The van der Waals surface area contributed by atoms with Gasteiger partial charge in [-0.2, -0.15) is 0 Å². The van der Waals surface area contributed by atoms with Gasteiger partial charge < -0.3 is 25.2 Å². The van der Waals surface area contributed by atoms with Crippen molar-refractivity contribution in [3.05, 3.63) is 41.8 Å². The molecule has 0 aliphatic heterocycles. The van der Waals surface area contributed by atoms with Gasteiger partial charge in [0.1, 0.15) is 18.9 Å². The summed E-state index contributed by atoms with van der Waals surface area (Å²) in [5, 5.41) is 13.4. The van der Waals surface area contributed by atoms with E-state index in [0.717, 1.165) is 30.8 Å². The van der Waals surface area contributed by atoms with E-state index in [0.29, 0.717) is 43.0 Å². The predicted octanol–water partition coefficient (Wildman–Crippen LogP) is 4.29. The SMILES string of the molecule is CCNC(=NCc1cc(C(CC)CC)no1)NCCOc1cccc(NC(C)=O)c1.I. The molecule has 0 atom stereocenters. The first-order chi connectivity index (χ1) is 14.5. The van der Waals surface area contributed by atoms with Crippen molar-refractivity contribution in [1.29, 1.82) is 0 Å². The van der Waals surface area contributed by atoms with E-state index >= 15 is 0 Å². The van der Waals surface area contributed by atoms with Crippen molar-refractivity contribution in [2.75, 3.05) is 25.0 Å². The molecule has 0 spiro atoms. The first-order valence-corrected chi connectivity index (χ1v) is 10.5. The van der Waals surface area contributed by atoms with Crippen LogP contribution in [0, 0.1) is 0 Å². The summed E-state index contributed by atoms with van der Waals surface area (Å²) in [6.45, 7) is 10.0. The number of halogens is 1. The minimum absolute atomic E-state index is 0. The van der Waals surface area contributed by atoms with Gasteiger partial charge in [0.05, 0.1) is 12.2 Å². The Bertz CT molecular complexity index is 821. The summed E-state index contributed by atoms with van der Waals surface area (Å²) in [4.78, 5) is 15.7. The van der Waals surface area contributed by atoms with Crippen molar-refractivity contribution in [2.24, 2.45) is 4.99 Å². The van der Waals surface area contributed by atoms with Gasteiger partial charge in [-0.15, -0.1) is 24.0 Å². The largest absolute Gasteiger partial charge is 0.492 e. The van der Waals surface area contributed by atoms with E-state index in [1.54, 1.807) is 6.07 Å². The van der Waals surface area contributed by atoms with Crippen molar-refractivity contribution in [1.82, 2.24) is 15.8 Å². The Morgan fingerprint density at radius 1 is 1.19 bits per heavy atom. The number of guanidine groups is 1. The average Bonchev–Trinajstić information content (AvgIpc) is 3.19. The lowest BCUT2D eigenvalue weighted by Gasteiger charge is -2.12. The van der Waals surface area contributed by atoms with Crippen LogP contribution < -0.4 is 20.7 Å². The maximum atomic E-state index is 11.2. The fourth-order valence-electron chi connectivity index (χ4n) is 3.01. The molecule has 1 heterocycles. The van der Waals surface area contributed by atoms with Crippen LogP contribution in [0.1, 0.15) is 57.9 Å². The molecule has 2 rings (SSSR count). The molecule has 0 saturated carbocycles. The second-order valence-corrected chi connectivity index (χ2v) is 6.91. The molecule has 1 aromatic carbocycles. The van der Waals surface area contributed by atoms with Crippen molar-refractivity contribution in [3.8, 4) is 5.75 Å². The normalized spacial score (nSPS) is 11.1. The first kappa shape index (κ1) is 26.7. The van der Waals surface area contributed by atoms with Gasteiger partial charge in [-0.1, -0.05) is 25.1 Å². The summed E-state index contributed by atoms with van der Waals surface area (Å²) in [5.41, 5.74) is 1.71. The third-order valence-electron chi connectivity index (χ3n) is 4.54. The maximum absolute atomic E-state index is 11.2. The van der Waals surface area contributed by atoms with Gasteiger partial charge in [0.2, 0.25) is 5.91 Å². The molecule has 1 amide bonds. The number of hydrogen-bond donors (Lipinski definition) is 3. The van der Waals surface area contributed by atoms with Gasteiger partial charge in [-0.05, 0) is 31.9 Å². The topological polar surface area (TPSA) is 101 Å². The number of aliphatic imine (C=N–C) groups is 1. The summed E-state index contributed by atoms with van der Waals surface area (Å²) in [7, 11) is 0. The summed E-state index contributed by atoms with van der Waals surface area (Å²) >= 11 is 0. The van der Waals surface area contributed by atoms with E-state index in [9.17, 15) is 4.79 Å². The molecule has 0 fully saturated rings. The summed E-state index contributed by atoms with van der Waals surface area (Å²) in [5.74, 6) is 2.45. The molecule has 0 aliphatic carbocycles. The monoisotopic (exact) mass is 543 g/mol. The number of nitrogens with zero attached hydrogens (tertiary/aromatic N) is 2. The molecule has 2 aromatic rings. The third kappa shape index (κ3) is 9.58. The molecule has 0 saturated heterocycles. The number of ether oxygens (including phenoxy) is 1. The van der Waals surface area contributed by atoms with Gasteiger partial charge in [0.25, 0.3) is 0 Å². The van der Waals surface area contributed by atoms with Crippen LogP contribution in [0.2, 0.25) is 0 Å². The van der Waals surface area contributed by atoms with Crippen molar-refractivity contribution in [3.63, 3.8) is 0 Å². The second kappa shape index (κ2) is 14.7. The van der Waals surface area contributed by atoms with E-state index in [1.165, 1.54) is 6.92 Å². The molecular weight excluding hydrogens is 509 g/mol. The van der Waals surface area contributed by atoms with Crippen LogP contribution in [0.3, 0.4) is 0 Å². The fourth-order valence-corrected chi connectivity index (χ4v) is 3.01. The number of anilines is 1. The van der Waals surface area contributed by atoms with Crippen LogP contribution >= 0.6 is 24.0 Å². The van der Waals surface area contributed by atoms with Gasteiger partial charge >= 0.3 is 0 Å². The van der Waals surface area contributed by atoms with E-state index in [2.05, 4.69) is 39.9 Å². The van der Waals surface area contributed by atoms with E-state index in [4.69, 9.17) is 9.26 Å². The lowest BCUT2D eigenvalue weighted by atomic mass is 9.99. The van der Waals surface area contributed by atoms with Gasteiger partial charge in [0.15, 0.2) is 11.7 Å². The van der Waals surface area contributed by atoms with Crippen LogP contribution in [0.5, 0.6) is 5.75 Å². The Hall–Kier alpha value is -2.30. The number of aromatic nitrogens is 1.